The number of carbonyl (C=O) groups excluding carboxylic acids is 2. The lowest BCUT2D eigenvalue weighted by Crippen LogP contribution is -2.32. The van der Waals surface area contributed by atoms with Crippen LogP contribution in [0.2, 0.25) is 0 Å². The number of fused-ring (bicyclic) bond motifs is 1. The van der Waals surface area contributed by atoms with E-state index in [-0.39, 0.29) is 11.0 Å². The highest BCUT2D eigenvalue weighted by molar-refractivity contribution is 6.04. The SMILES string of the molecule is CC1CCN(Cc2ccc(C(=O)Nc3cc(N(CCC(C)(C)O)c4ccc5c(ccn5C(=O)N(C)F)c4)ccn3)cc2)CC1. The summed E-state index contributed by atoms with van der Waals surface area (Å²) < 4.78 is 14.8. The van der Waals surface area contributed by atoms with Crippen LogP contribution in [0, 0.1) is 5.92 Å². The van der Waals surface area contributed by atoms with Crippen LogP contribution in [0.1, 0.15) is 56.0 Å². The van der Waals surface area contributed by atoms with Gasteiger partial charge in [-0.3, -0.25) is 14.3 Å². The molecule has 5 rings (SSSR count). The Hall–Kier alpha value is -4.28. The molecule has 0 atom stereocenters. The summed E-state index contributed by atoms with van der Waals surface area (Å²) in [6.45, 7) is 9.38. The van der Waals surface area contributed by atoms with Gasteiger partial charge in [0.25, 0.3) is 5.91 Å². The van der Waals surface area contributed by atoms with Crippen LogP contribution in [0.4, 0.5) is 26.5 Å². The van der Waals surface area contributed by atoms with Gasteiger partial charge in [-0.25, -0.2) is 9.78 Å². The average molecular weight is 601 g/mol. The molecule has 44 heavy (non-hydrogen) atoms. The Kier molecular flexibility index (Phi) is 9.31. The lowest BCUT2D eigenvalue weighted by atomic mass is 9.99. The van der Waals surface area contributed by atoms with Crippen LogP contribution in [-0.2, 0) is 6.54 Å². The van der Waals surface area contributed by atoms with Crippen molar-refractivity contribution < 1.29 is 19.2 Å². The number of amides is 2. The predicted molar refractivity (Wildman–Crippen MR) is 172 cm³/mol. The summed E-state index contributed by atoms with van der Waals surface area (Å²) >= 11 is 0. The lowest BCUT2D eigenvalue weighted by molar-refractivity contribution is 0.0737. The number of nitrogens with one attached hydrogen (secondary N) is 1. The van der Waals surface area contributed by atoms with Crippen molar-refractivity contribution in [3.63, 3.8) is 0 Å². The molecule has 1 fully saturated rings. The van der Waals surface area contributed by atoms with Gasteiger partial charge in [0.2, 0.25) is 0 Å². The van der Waals surface area contributed by atoms with Crippen molar-refractivity contribution in [1.29, 1.82) is 0 Å². The number of nitrogens with zero attached hydrogens (tertiary/aromatic N) is 5. The number of pyridine rings is 1. The first-order valence-corrected chi connectivity index (χ1v) is 15.1. The highest BCUT2D eigenvalue weighted by atomic mass is 19.2. The summed E-state index contributed by atoms with van der Waals surface area (Å²) in [5.74, 6) is 0.940. The normalized spacial score (nSPS) is 14.5. The summed E-state index contributed by atoms with van der Waals surface area (Å²) in [5.41, 5.74) is 2.98. The van der Waals surface area contributed by atoms with Crippen LogP contribution < -0.4 is 10.2 Å². The Labute approximate surface area is 257 Å². The second-order valence-electron chi connectivity index (χ2n) is 12.4. The minimum absolute atomic E-state index is 0.0418. The average Bonchev–Trinajstić information content (AvgIpc) is 3.41. The molecule has 0 aliphatic carbocycles. The molecule has 2 amide bonds. The Balaban J connectivity index is 1.33. The number of rotatable bonds is 9. The maximum absolute atomic E-state index is 13.6. The standard InChI is InChI=1S/C34H41FN6O3/c1-24-12-17-39(18-13-24)23-25-5-7-26(8-6-25)32(42)37-31-22-29(11-16-36-31)40(20-15-34(2,3)44)28-9-10-30-27(21-28)14-19-41(30)33(43)38(4)35/h5-11,14,16,19,21-22,24,44H,12-13,15,17-18,20,23H2,1-4H3,(H,36,37,42). The fraction of sp³-hybridized carbons (Fsp3) is 0.382. The van der Waals surface area contributed by atoms with E-state index >= 15 is 0 Å². The summed E-state index contributed by atoms with van der Waals surface area (Å²) in [6, 6.07) is 17.9. The molecule has 0 saturated carbocycles. The van der Waals surface area contributed by atoms with E-state index in [1.54, 1.807) is 38.2 Å². The molecule has 1 aliphatic heterocycles. The van der Waals surface area contributed by atoms with E-state index in [1.807, 2.05) is 47.4 Å². The Morgan fingerprint density at radius 3 is 2.43 bits per heavy atom. The van der Waals surface area contributed by atoms with Crippen molar-refractivity contribution in [1.82, 2.24) is 19.6 Å². The molecule has 9 nitrogen and oxygen atoms in total. The second-order valence-corrected chi connectivity index (χ2v) is 12.4. The molecule has 2 N–H and O–H groups in total. The zero-order valence-corrected chi connectivity index (χ0v) is 25.8. The summed E-state index contributed by atoms with van der Waals surface area (Å²) in [5, 5.41) is 14.2. The van der Waals surface area contributed by atoms with E-state index in [9.17, 15) is 19.2 Å². The van der Waals surface area contributed by atoms with Gasteiger partial charge in [0, 0.05) is 60.9 Å². The molecule has 4 aromatic rings. The molecule has 0 radical (unpaired) electrons. The summed E-state index contributed by atoms with van der Waals surface area (Å²) in [6.07, 6.45) is 6.08. The molecule has 2 aromatic carbocycles. The predicted octanol–water partition coefficient (Wildman–Crippen LogP) is 6.60. The van der Waals surface area contributed by atoms with Crippen molar-refractivity contribution >= 4 is 40.0 Å². The maximum atomic E-state index is 13.6. The van der Waals surface area contributed by atoms with Gasteiger partial charge in [-0.05, 0) is 100 Å². The van der Waals surface area contributed by atoms with Gasteiger partial charge in [-0.15, -0.1) is 0 Å². The Bertz CT molecular complexity index is 1600. The third kappa shape index (κ3) is 7.62. The number of hydrogen-bond acceptors (Lipinski definition) is 6. The van der Waals surface area contributed by atoms with E-state index in [2.05, 4.69) is 22.1 Å². The minimum Gasteiger partial charge on any atom is -0.390 e. The van der Waals surface area contributed by atoms with Crippen LogP contribution in [-0.4, -0.2) is 68.9 Å². The molecule has 0 unspecified atom stereocenters. The summed E-state index contributed by atoms with van der Waals surface area (Å²) in [4.78, 5) is 34.2. The topological polar surface area (TPSA) is 93.9 Å². The fourth-order valence-electron chi connectivity index (χ4n) is 5.49. The quantitative estimate of drug-likeness (QED) is 0.210. The zero-order valence-electron chi connectivity index (χ0n) is 25.8. The van der Waals surface area contributed by atoms with E-state index in [1.165, 1.54) is 29.2 Å². The largest absolute Gasteiger partial charge is 0.390 e. The van der Waals surface area contributed by atoms with E-state index < -0.39 is 11.6 Å². The van der Waals surface area contributed by atoms with E-state index in [0.717, 1.165) is 49.4 Å². The van der Waals surface area contributed by atoms with Gasteiger partial charge in [0.15, 0.2) is 0 Å². The van der Waals surface area contributed by atoms with Gasteiger partial charge in [-0.1, -0.05) is 23.5 Å². The third-order valence-electron chi connectivity index (χ3n) is 8.20. The second kappa shape index (κ2) is 13.2. The van der Waals surface area contributed by atoms with Crippen LogP contribution >= 0.6 is 0 Å². The van der Waals surface area contributed by atoms with Crippen molar-refractivity contribution in [2.75, 3.05) is 36.9 Å². The molecule has 0 spiro atoms. The third-order valence-corrected chi connectivity index (χ3v) is 8.20. The molecule has 0 bridgehead atoms. The Morgan fingerprint density at radius 2 is 1.75 bits per heavy atom. The van der Waals surface area contributed by atoms with Crippen LogP contribution in [0.3, 0.4) is 0 Å². The number of benzene rings is 2. The van der Waals surface area contributed by atoms with Gasteiger partial charge >= 0.3 is 6.03 Å². The molecule has 1 saturated heterocycles. The van der Waals surface area contributed by atoms with Gasteiger partial charge in [-0.2, -0.15) is 5.12 Å². The molecule has 3 heterocycles. The number of aromatic nitrogens is 2. The van der Waals surface area contributed by atoms with Crippen molar-refractivity contribution in [3.8, 4) is 0 Å². The first-order valence-electron chi connectivity index (χ1n) is 15.1. The number of anilines is 3. The van der Waals surface area contributed by atoms with Crippen LogP contribution in [0.25, 0.3) is 10.9 Å². The smallest absolute Gasteiger partial charge is 0.356 e. The van der Waals surface area contributed by atoms with Crippen molar-refractivity contribution in [2.24, 2.45) is 5.92 Å². The zero-order chi connectivity index (χ0) is 31.4. The van der Waals surface area contributed by atoms with Crippen LogP contribution in [0.5, 0.6) is 0 Å². The van der Waals surface area contributed by atoms with Crippen molar-refractivity contribution in [2.45, 2.75) is 52.2 Å². The van der Waals surface area contributed by atoms with Crippen molar-refractivity contribution in [3.05, 3.63) is 84.2 Å². The van der Waals surface area contributed by atoms with E-state index in [4.69, 9.17) is 0 Å². The monoisotopic (exact) mass is 600 g/mol. The minimum atomic E-state index is -0.910. The number of hydrogen-bond donors (Lipinski definition) is 2. The number of halogens is 1. The van der Waals surface area contributed by atoms with Gasteiger partial charge in [0.1, 0.15) is 5.82 Å². The molecule has 1 aliphatic rings. The highest BCUT2D eigenvalue weighted by Gasteiger charge is 2.20. The Morgan fingerprint density at radius 1 is 1.05 bits per heavy atom. The number of carbonyl (C=O) groups is 2. The number of aliphatic hydroxyl groups is 1. The van der Waals surface area contributed by atoms with E-state index in [0.29, 0.717) is 29.9 Å². The van der Waals surface area contributed by atoms with Gasteiger partial charge < -0.3 is 15.3 Å². The fourth-order valence-corrected chi connectivity index (χ4v) is 5.49. The molecule has 2 aromatic heterocycles. The number of piperidine rings is 1. The number of likely N-dealkylation sites (tertiary alicyclic amines) is 1. The maximum Gasteiger partial charge on any atom is 0.356 e. The lowest BCUT2D eigenvalue weighted by Gasteiger charge is -2.30. The molecule has 232 valence electrons. The first kappa shape index (κ1) is 31.2. The molecular weight excluding hydrogens is 559 g/mol. The first-order chi connectivity index (χ1) is 21.0. The molecule has 10 heteroatoms. The summed E-state index contributed by atoms with van der Waals surface area (Å²) in [7, 11) is 1.06. The van der Waals surface area contributed by atoms with Gasteiger partial charge in [0.05, 0.1) is 11.1 Å². The van der Waals surface area contributed by atoms with Crippen LogP contribution in [0.15, 0.2) is 73.1 Å². The molecular formula is C34H41FN6O3. The highest BCUT2D eigenvalue weighted by Crippen LogP contribution is 2.31.